The van der Waals surface area contributed by atoms with E-state index in [9.17, 15) is 9.59 Å². The van der Waals surface area contributed by atoms with Gasteiger partial charge in [0.25, 0.3) is 0 Å². The molecule has 0 spiro atoms. The lowest BCUT2D eigenvalue weighted by atomic mass is 9.80. The van der Waals surface area contributed by atoms with Gasteiger partial charge in [0.2, 0.25) is 0 Å². The van der Waals surface area contributed by atoms with E-state index in [0.717, 1.165) is 56.7 Å². The van der Waals surface area contributed by atoms with E-state index in [2.05, 4.69) is 17.1 Å². The Morgan fingerprint density at radius 2 is 1.41 bits per heavy atom. The predicted molar refractivity (Wildman–Crippen MR) is 140 cm³/mol. The van der Waals surface area contributed by atoms with Gasteiger partial charge in [0.05, 0.1) is 5.56 Å². The van der Waals surface area contributed by atoms with Crippen molar-refractivity contribution < 1.29 is 9.59 Å². The van der Waals surface area contributed by atoms with Gasteiger partial charge >= 0.3 is 0 Å². The first-order valence-corrected chi connectivity index (χ1v) is 12.8. The fourth-order valence-corrected chi connectivity index (χ4v) is 4.79. The van der Waals surface area contributed by atoms with Crippen molar-refractivity contribution in [1.29, 1.82) is 0 Å². The number of anilines is 1. The van der Waals surface area contributed by atoms with Crippen LogP contribution in [0.15, 0.2) is 36.4 Å². The molecule has 1 aliphatic carbocycles. The van der Waals surface area contributed by atoms with Crippen molar-refractivity contribution >= 4 is 17.3 Å². The molecule has 6 heteroatoms. The predicted octanol–water partition coefficient (Wildman–Crippen LogP) is 4.00. The molecule has 0 saturated carbocycles. The third kappa shape index (κ3) is 6.32. The number of rotatable bonds is 15. The van der Waals surface area contributed by atoms with Crippen LogP contribution >= 0.6 is 0 Å². The zero-order chi connectivity index (χ0) is 24.3. The van der Waals surface area contributed by atoms with Crippen molar-refractivity contribution in [3.63, 3.8) is 0 Å². The van der Waals surface area contributed by atoms with Gasteiger partial charge in [-0.2, -0.15) is 0 Å². The van der Waals surface area contributed by atoms with E-state index >= 15 is 0 Å². The van der Waals surface area contributed by atoms with Crippen LogP contribution in [0.2, 0.25) is 0 Å². The van der Waals surface area contributed by atoms with Crippen molar-refractivity contribution in [2.24, 2.45) is 11.5 Å². The van der Waals surface area contributed by atoms with E-state index in [1.807, 2.05) is 24.3 Å². The Morgan fingerprint density at radius 1 is 0.765 bits per heavy atom. The van der Waals surface area contributed by atoms with Gasteiger partial charge in [-0.1, -0.05) is 62.9 Å². The van der Waals surface area contributed by atoms with Crippen LogP contribution < -0.4 is 16.8 Å². The highest BCUT2D eigenvalue weighted by atomic mass is 16.1. The fourth-order valence-electron chi connectivity index (χ4n) is 4.79. The molecule has 1 aliphatic rings. The van der Waals surface area contributed by atoms with Crippen molar-refractivity contribution in [2.45, 2.75) is 51.9 Å². The molecule has 0 aliphatic heterocycles. The van der Waals surface area contributed by atoms with E-state index in [1.165, 1.54) is 25.7 Å². The zero-order valence-electron chi connectivity index (χ0n) is 20.6. The molecule has 5 N–H and O–H groups in total. The number of nitrogens with zero attached hydrogens (tertiary/aromatic N) is 1. The highest BCUT2D eigenvalue weighted by molar-refractivity contribution is 6.30. The summed E-state index contributed by atoms with van der Waals surface area (Å²) in [6.45, 7) is 6.67. The molecule has 3 rings (SSSR count). The number of carbonyl (C=O) groups excluding carboxylic acids is 2. The van der Waals surface area contributed by atoms with Crippen LogP contribution in [0.3, 0.4) is 0 Å². The maximum absolute atomic E-state index is 13.6. The minimum atomic E-state index is -0.0616. The van der Waals surface area contributed by atoms with Crippen LogP contribution in [0.25, 0.3) is 0 Å². The topological polar surface area (TPSA) is 101 Å². The van der Waals surface area contributed by atoms with Gasteiger partial charge in [-0.15, -0.1) is 0 Å². The molecule has 0 fully saturated rings. The largest absolute Gasteiger partial charge is 0.384 e. The maximum atomic E-state index is 13.6. The van der Waals surface area contributed by atoms with E-state index in [-0.39, 0.29) is 11.6 Å². The van der Waals surface area contributed by atoms with Gasteiger partial charge in [-0.05, 0) is 37.4 Å². The lowest BCUT2D eigenvalue weighted by Crippen LogP contribution is -2.34. The summed E-state index contributed by atoms with van der Waals surface area (Å²) in [7, 11) is 0. The highest BCUT2D eigenvalue weighted by Crippen LogP contribution is 2.34. The molecule has 2 aromatic rings. The van der Waals surface area contributed by atoms with Crippen LogP contribution in [0.5, 0.6) is 0 Å². The maximum Gasteiger partial charge on any atom is 0.196 e. The standard InChI is InChI=1S/C28H40N4O2/c1-2-3-4-5-8-17-31-24-14-13-21(10-9-18-32(19-15-29)20-16-30)25-26(24)28(34)23-12-7-6-11-22(23)27(25)33/h6-7,11-14,31H,2-5,8-10,15-20,29-30H2,1H3. The fraction of sp³-hybridized carbons (Fsp3) is 0.500. The Labute approximate surface area is 204 Å². The summed E-state index contributed by atoms with van der Waals surface area (Å²) in [5.74, 6) is -0.110. The number of aryl methyl sites for hydroxylation is 1. The molecule has 0 aromatic heterocycles. The second-order valence-corrected chi connectivity index (χ2v) is 9.09. The second-order valence-electron chi connectivity index (χ2n) is 9.09. The summed E-state index contributed by atoms with van der Waals surface area (Å²) < 4.78 is 0. The molecule has 2 aromatic carbocycles. The molecule has 0 unspecified atom stereocenters. The summed E-state index contributed by atoms with van der Waals surface area (Å²) in [5, 5.41) is 3.46. The lowest BCUT2D eigenvalue weighted by molar-refractivity contribution is 0.0979. The van der Waals surface area contributed by atoms with E-state index in [4.69, 9.17) is 11.5 Å². The molecule has 0 radical (unpaired) electrons. The number of ketones is 2. The molecular formula is C28H40N4O2. The molecule has 184 valence electrons. The minimum Gasteiger partial charge on any atom is -0.384 e. The molecule has 0 amide bonds. The summed E-state index contributed by atoms with van der Waals surface area (Å²) in [6, 6.07) is 11.2. The van der Waals surface area contributed by atoms with E-state index in [0.29, 0.717) is 35.3 Å². The number of hydrogen-bond donors (Lipinski definition) is 3. The first kappa shape index (κ1) is 26.1. The zero-order valence-corrected chi connectivity index (χ0v) is 20.6. The Hall–Kier alpha value is -2.54. The quantitative estimate of drug-likeness (QED) is 0.294. The highest BCUT2D eigenvalue weighted by Gasteiger charge is 2.33. The van der Waals surface area contributed by atoms with Crippen LogP contribution in [-0.2, 0) is 6.42 Å². The summed E-state index contributed by atoms with van der Waals surface area (Å²) in [4.78, 5) is 29.3. The SMILES string of the molecule is CCCCCCCNc1ccc(CCCN(CCN)CCN)c2c1C(=O)c1ccccc1C2=O. The normalized spacial score (nSPS) is 12.7. The van der Waals surface area contributed by atoms with Gasteiger partial charge in [-0.3, -0.25) is 9.59 Å². The van der Waals surface area contributed by atoms with E-state index < -0.39 is 0 Å². The Morgan fingerprint density at radius 3 is 2.06 bits per heavy atom. The van der Waals surface area contributed by atoms with Crippen LogP contribution in [0.4, 0.5) is 5.69 Å². The minimum absolute atomic E-state index is 0.0485. The Bertz CT molecular complexity index is 967. The first-order valence-electron chi connectivity index (χ1n) is 12.8. The number of nitrogens with two attached hydrogens (primary N) is 2. The summed E-state index contributed by atoms with van der Waals surface area (Å²) in [6.07, 6.45) is 7.51. The third-order valence-corrected chi connectivity index (χ3v) is 6.57. The average Bonchev–Trinajstić information content (AvgIpc) is 2.85. The van der Waals surface area contributed by atoms with Crippen LogP contribution in [0.1, 0.15) is 82.9 Å². The van der Waals surface area contributed by atoms with Gasteiger partial charge in [-0.25, -0.2) is 0 Å². The van der Waals surface area contributed by atoms with Crippen molar-refractivity contribution in [2.75, 3.05) is 44.6 Å². The van der Waals surface area contributed by atoms with Gasteiger partial charge < -0.3 is 21.7 Å². The Kier molecular flexibility index (Phi) is 10.3. The molecule has 0 heterocycles. The summed E-state index contributed by atoms with van der Waals surface area (Å²) >= 11 is 0. The third-order valence-electron chi connectivity index (χ3n) is 6.57. The summed E-state index contributed by atoms with van der Waals surface area (Å²) in [5.41, 5.74) is 15.3. The number of benzene rings is 2. The number of unbranched alkanes of at least 4 members (excludes halogenated alkanes) is 4. The number of hydrogen-bond acceptors (Lipinski definition) is 6. The number of nitrogens with one attached hydrogen (secondary N) is 1. The van der Waals surface area contributed by atoms with Crippen molar-refractivity contribution in [3.8, 4) is 0 Å². The number of fused-ring (bicyclic) bond motifs is 2. The van der Waals surface area contributed by atoms with Crippen LogP contribution in [-0.4, -0.2) is 55.7 Å². The van der Waals surface area contributed by atoms with Crippen molar-refractivity contribution in [1.82, 2.24) is 4.90 Å². The van der Waals surface area contributed by atoms with E-state index in [1.54, 1.807) is 12.1 Å². The first-order chi connectivity index (χ1) is 16.6. The molecular weight excluding hydrogens is 424 g/mol. The molecule has 0 bridgehead atoms. The van der Waals surface area contributed by atoms with Gasteiger partial charge in [0.1, 0.15) is 0 Å². The molecule has 6 nitrogen and oxygen atoms in total. The smallest absolute Gasteiger partial charge is 0.196 e. The second kappa shape index (κ2) is 13.4. The van der Waals surface area contributed by atoms with Crippen LogP contribution in [0, 0.1) is 0 Å². The lowest BCUT2D eigenvalue weighted by Gasteiger charge is -2.24. The van der Waals surface area contributed by atoms with Crippen molar-refractivity contribution in [3.05, 3.63) is 64.2 Å². The molecule has 0 saturated heterocycles. The Balaban J connectivity index is 1.83. The monoisotopic (exact) mass is 464 g/mol. The molecule has 34 heavy (non-hydrogen) atoms. The van der Waals surface area contributed by atoms with Gasteiger partial charge in [0, 0.05) is 55.1 Å². The van der Waals surface area contributed by atoms with Gasteiger partial charge in [0.15, 0.2) is 11.6 Å². The average molecular weight is 465 g/mol. The molecule has 0 atom stereocenters. The number of carbonyl (C=O) groups is 2.